The highest BCUT2D eigenvalue weighted by molar-refractivity contribution is 14.0. The van der Waals surface area contributed by atoms with E-state index < -0.39 is 5.60 Å². The number of carbonyl (C=O) groups is 1. The molecule has 2 aromatic rings. The quantitative estimate of drug-likeness (QED) is 0.559. The number of fused-ring (bicyclic) bond motifs is 1. The highest BCUT2D eigenvalue weighted by Gasteiger charge is 2.36. The van der Waals surface area contributed by atoms with Crippen molar-refractivity contribution in [3.63, 3.8) is 0 Å². The summed E-state index contributed by atoms with van der Waals surface area (Å²) in [5.74, 6) is 2.99. The summed E-state index contributed by atoms with van der Waals surface area (Å²) in [7, 11) is 1.64. The van der Waals surface area contributed by atoms with E-state index in [2.05, 4.69) is 30.4 Å². The molecule has 0 aliphatic carbocycles. The van der Waals surface area contributed by atoms with E-state index >= 15 is 0 Å². The minimum Gasteiger partial charge on any atom is -0.497 e. The fraction of sp³-hybridized carbons (Fsp3) is 0.524. The smallest absolute Gasteiger partial charge is 0.410 e. The molecule has 0 radical (unpaired) electrons. The lowest BCUT2D eigenvalue weighted by molar-refractivity contribution is 0.0137. The number of benzene rings is 1. The Bertz CT molecular complexity index is 955. The van der Waals surface area contributed by atoms with E-state index in [-0.39, 0.29) is 36.1 Å². The zero-order valence-corrected chi connectivity index (χ0v) is 21.1. The van der Waals surface area contributed by atoms with Crippen LogP contribution in [0.3, 0.4) is 0 Å². The largest absolute Gasteiger partial charge is 0.497 e. The van der Waals surface area contributed by atoms with Crippen molar-refractivity contribution in [2.75, 3.05) is 33.3 Å². The van der Waals surface area contributed by atoms with Crippen LogP contribution in [0, 0.1) is 0 Å². The second kappa shape index (κ2) is 9.92. The van der Waals surface area contributed by atoms with Crippen molar-refractivity contribution in [1.82, 2.24) is 30.3 Å². The summed E-state index contributed by atoms with van der Waals surface area (Å²) in [5, 5.41) is 10.6. The number of piperazine rings is 1. The predicted molar refractivity (Wildman–Crippen MR) is 131 cm³/mol. The van der Waals surface area contributed by atoms with Crippen LogP contribution in [0.1, 0.15) is 26.6 Å². The second-order valence-corrected chi connectivity index (χ2v) is 8.63. The number of ether oxygens (including phenoxy) is 2. The molecule has 0 bridgehead atoms. The van der Waals surface area contributed by atoms with Crippen LogP contribution in [0.4, 0.5) is 4.79 Å². The van der Waals surface area contributed by atoms with Gasteiger partial charge in [-0.15, -0.1) is 24.0 Å². The molecule has 11 heteroatoms. The number of nitrogens with one attached hydrogen (secondary N) is 2. The predicted octanol–water partition coefficient (Wildman–Crippen LogP) is 2.48. The molecule has 1 fully saturated rings. The van der Waals surface area contributed by atoms with E-state index in [9.17, 15) is 4.79 Å². The minimum absolute atomic E-state index is 0. The normalized spacial score (nSPS) is 17.9. The Morgan fingerprint density at radius 2 is 2.00 bits per heavy atom. The van der Waals surface area contributed by atoms with E-state index in [0.717, 1.165) is 23.1 Å². The third-order valence-electron chi connectivity index (χ3n) is 5.15. The SMILES string of the molecule is COc1ccc(-c2n[nH]c(CNC3=NCC4CN(C(=O)OC(C)(C)C)CCN34)n2)cc1.I. The molecular weight excluding hydrogens is 525 g/mol. The summed E-state index contributed by atoms with van der Waals surface area (Å²) in [6.07, 6.45) is -0.263. The lowest BCUT2D eigenvalue weighted by Gasteiger charge is -2.39. The maximum Gasteiger partial charge on any atom is 0.410 e. The summed E-state index contributed by atoms with van der Waals surface area (Å²) >= 11 is 0. The molecule has 1 aromatic carbocycles. The number of halogens is 1. The lowest BCUT2D eigenvalue weighted by atomic mass is 10.2. The Balaban J connectivity index is 0.00000289. The molecule has 1 aromatic heterocycles. The van der Waals surface area contributed by atoms with E-state index in [1.54, 1.807) is 12.0 Å². The number of aliphatic imine (C=N–C) groups is 1. The first-order valence-electron chi connectivity index (χ1n) is 10.4. The number of hydrogen-bond donors (Lipinski definition) is 2. The van der Waals surface area contributed by atoms with Crippen molar-refractivity contribution in [1.29, 1.82) is 0 Å². The second-order valence-electron chi connectivity index (χ2n) is 8.63. The summed E-state index contributed by atoms with van der Waals surface area (Å²) in [6, 6.07) is 7.78. The maximum absolute atomic E-state index is 12.4. The molecule has 2 aliphatic heterocycles. The molecule has 2 aliphatic rings. The molecule has 1 atom stereocenters. The van der Waals surface area contributed by atoms with Gasteiger partial charge in [0.15, 0.2) is 11.8 Å². The molecular formula is C21H30IN7O3. The number of aromatic amines is 1. The average molecular weight is 555 g/mol. The van der Waals surface area contributed by atoms with E-state index in [1.807, 2.05) is 45.0 Å². The van der Waals surface area contributed by atoms with Gasteiger partial charge in [0.05, 0.1) is 26.2 Å². The van der Waals surface area contributed by atoms with Crippen molar-refractivity contribution in [2.45, 2.75) is 39.0 Å². The highest BCUT2D eigenvalue weighted by atomic mass is 127. The van der Waals surface area contributed by atoms with Crippen LogP contribution in [-0.4, -0.2) is 82.0 Å². The first-order chi connectivity index (χ1) is 14.8. The van der Waals surface area contributed by atoms with Gasteiger partial charge in [-0.3, -0.25) is 10.1 Å². The minimum atomic E-state index is -0.491. The fourth-order valence-electron chi connectivity index (χ4n) is 3.63. The van der Waals surface area contributed by atoms with Crippen LogP contribution in [0.2, 0.25) is 0 Å². The Morgan fingerprint density at radius 1 is 1.25 bits per heavy atom. The number of rotatable bonds is 4. The Morgan fingerprint density at radius 3 is 2.69 bits per heavy atom. The first-order valence-corrected chi connectivity index (χ1v) is 10.4. The van der Waals surface area contributed by atoms with Crippen LogP contribution >= 0.6 is 24.0 Å². The van der Waals surface area contributed by atoms with Crippen molar-refractivity contribution in [3.05, 3.63) is 30.1 Å². The van der Waals surface area contributed by atoms with Crippen molar-refractivity contribution in [2.24, 2.45) is 4.99 Å². The summed E-state index contributed by atoms with van der Waals surface area (Å²) in [6.45, 7) is 8.70. The van der Waals surface area contributed by atoms with Gasteiger partial charge in [-0.1, -0.05) is 0 Å². The topological polar surface area (TPSA) is 108 Å². The molecule has 1 amide bonds. The average Bonchev–Trinajstić information content (AvgIpc) is 3.37. The zero-order valence-electron chi connectivity index (χ0n) is 18.8. The molecule has 174 valence electrons. The van der Waals surface area contributed by atoms with Gasteiger partial charge in [0.25, 0.3) is 0 Å². The third kappa shape index (κ3) is 5.61. The number of H-pyrrole nitrogens is 1. The molecule has 0 saturated carbocycles. The Hall–Kier alpha value is -2.57. The lowest BCUT2D eigenvalue weighted by Crippen LogP contribution is -2.57. The van der Waals surface area contributed by atoms with Crippen LogP contribution in [-0.2, 0) is 11.3 Å². The number of hydrogen-bond acceptors (Lipinski definition) is 8. The first kappa shape index (κ1) is 24.1. The van der Waals surface area contributed by atoms with Gasteiger partial charge >= 0.3 is 6.09 Å². The zero-order chi connectivity index (χ0) is 22.0. The molecule has 32 heavy (non-hydrogen) atoms. The molecule has 0 spiro atoms. The van der Waals surface area contributed by atoms with Gasteiger partial charge in [0.1, 0.15) is 17.2 Å². The summed E-state index contributed by atoms with van der Waals surface area (Å²) in [5.41, 5.74) is 0.425. The maximum atomic E-state index is 12.4. The number of guanidine groups is 1. The summed E-state index contributed by atoms with van der Waals surface area (Å²) in [4.78, 5) is 25.5. The van der Waals surface area contributed by atoms with Crippen LogP contribution in [0.15, 0.2) is 29.3 Å². The molecule has 4 rings (SSSR count). The van der Waals surface area contributed by atoms with Crippen molar-refractivity contribution >= 4 is 36.0 Å². The number of carbonyl (C=O) groups excluding carboxylic acids is 1. The fourth-order valence-corrected chi connectivity index (χ4v) is 3.63. The van der Waals surface area contributed by atoms with Crippen molar-refractivity contribution < 1.29 is 14.3 Å². The van der Waals surface area contributed by atoms with E-state index in [0.29, 0.717) is 38.5 Å². The molecule has 1 saturated heterocycles. The van der Waals surface area contributed by atoms with Crippen LogP contribution in [0.25, 0.3) is 11.4 Å². The number of methoxy groups -OCH3 is 1. The number of nitrogens with zero attached hydrogens (tertiary/aromatic N) is 5. The van der Waals surface area contributed by atoms with Gasteiger partial charge in [0.2, 0.25) is 0 Å². The molecule has 10 nitrogen and oxygen atoms in total. The van der Waals surface area contributed by atoms with Gasteiger partial charge < -0.3 is 24.6 Å². The molecule has 3 heterocycles. The number of aromatic nitrogens is 3. The molecule has 1 unspecified atom stereocenters. The van der Waals surface area contributed by atoms with Gasteiger partial charge in [-0.25, -0.2) is 9.78 Å². The third-order valence-corrected chi connectivity index (χ3v) is 5.15. The van der Waals surface area contributed by atoms with Gasteiger partial charge in [-0.05, 0) is 45.0 Å². The van der Waals surface area contributed by atoms with E-state index in [1.165, 1.54) is 0 Å². The Labute approximate surface area is 204 Å². The summed E-state index contributed by atoms with van der Waals surface area (Å²) < 4.78 is 10.7. The molecule has 2 N–H and O–H groups in total. The number of amides is 1. The standard InChI is InChI=1S/C21H29N7O3.HI/c1-21(2,3)31-20(29)27-9-10-28-15(13-27)11-22-19(28)23-12-17-24-18(26-25-17)14-5-7-16(30-4)8-6-14;/h5-8,15H,9-13H2,1-4H3,(H,22,23)(H,24,25,26);1H. The Kier molecular flexibility index (Phi) is 7.47. The van der Waals surface area contributed by atoms with Gasteiger partial charge in [-0.2, -0.15) is 5.10 Å². The monoisotopic (exact) mass is 555 g/mol. The van der Waals surface area contributed by atoms with Crippen molar-refractivity contribution in [3.8, 4) is 17.1 Å². The van der Waals surface area contributed by atoms with Gasteiger partial charge in [0, 0.05) is 25.2 Å². The highest BCUT2D eigenvalue weighted by Crippen LogP contribution is 2.20. The van der Waals surface area contributed by atoms with Crippen LogP contribution in [0.5, 0.6) is 5.75 Å². The van der Waals surface area contributed by atoms with Crippen LogP contribution < -0.4 is 10.1 Å². The van der Waals surface area contributed by atoms with E-state index in [4.69, 9.17) is 9.47 Å².